The quantitative estimate of drug-likeness (QED) is 0.524. The van der Waals surface area contributed by atoms with Crippen LogP contribution in [0.2, 0.25) is 0 Å². The van der Waals surface area contributed by atoms with Gasteiger partial charge >= 0.3 is 0 Å². The SMILES string of the molecule is CN1C2CNCC1C2.Cl. The van der Waals surface area contributed by atoms with Gasteiger partial charge in [0, 0.05) is 25.2 Å². The molecule has 2 unspecified atom stereocenters. The third-order valence-corrected chi connectivity index (χ3v) is 2.46. The smallest absolute Gasteiger partial charge is 0.0236 e. The predicted octanol–water partition coefficient (Wildman–Crippen LogP) is 0.0841. The monoisotopic (exact) mass is 148 g/mol. The van der Waals surface area contributed by atoms with Gasteiger partial charge in [-0.15, -0.1) is 12.4 Å². The minimum atomic E-state index is 0. The molecule has 3 rings (SSSR count). The summed E-state index contributed by atoms with van der Waals surface area (Å²) in [6.07, 6.45) is 1.43. The highest BCUT2D eigenvalue weighted by atomic mass is 35.5. The molecule has 0 radical (unpaired) electrons. The van der Waals surface area contributed by atoms with Gasteiger partial charge in [-0.2, -0.15) is 0 Å². The normalized spacial score (nSPS) is 41.0. The summed E-state index contributed by atoms with van der Waals surface area (Å²) in [6.45, 7) is 2.43. The zero-order valence-corrected chi connectivity index (χ0v) is 6.45. The minimum Gasteiger partial charge on any atom is -0.314 e. The van der Waals surface area contributed by atoms with Crippen LogP contribution in [0.25, 0.3) is 0 Å². The van der Waals surface area contributed by atoms with Gasteiger partial charge in [0.2, 0.25) is 0 Å². The van der Waals surface area contributed by atoms with Crippen LogP contribution in [0.5, 0.6) is 0 Å². The molecule has 2 atom stereocenters. The Morgan fingerprint density at radius 2 is 1.89 bits per heavy atom. The molecular formula is C6H13ClN2. The number of hydrogen-bond acceptors (Lipinski definition) is 2. The van der Waals surface area contributed by atoms with Crippen molar-refractivity contribution in [1.82, 2.24) is 10.2 Å². The van der Waals surface area contributed by atoms with Crippen LogP contribution in [-0.4, -0.2) is 37.1 Å². The summed E-state index contributed by atoms with van der Waals surface area (Å²) < 4.78 is 0. The van der Waals surface area contributed by atoms with Crippen LogP contribution in [-0.2, 0) is 0 Å². The van der Waals surface area contributed by atoms with E-state index >= 15 is 0 Å². The molecule has 0 aromatic carbocycles. The van der Waals surface area contributed by atoms with Crippen LogP contribution in [0.1, 0.15) is 6.42 Å². The highest BCUT2D eigenvalue weighted by Gasteiger charge is 2.37. The maximum absolute atomic E-state index is 3.37. The maximum atomic E-state index is 3.37. The van der Waals surface area contributed by atoms with Crippen molar-refractivity contribution in [2.24, 2.45) is 0 Å². The summed E-state index contributed by atoms with van der Waals surface area (Å²) in [5, 5.41) is 3.37. The molecule has 3 heterocycles. The molecule has 3 saturated heterocycles. The van der Waals surface area contributed by atoms with E-state index in [1.165, 1.54) is 19.5 Å². The standard InChI is InChI=1S/C6H12N2.ClH/c1-8-5-2-6(8)4-7-3-5;/h5-7H,2-4H2,1H3;1H. The summed E-state index contributed by atoms with van der Waals surface area (Å²) in [7, 11) is 2.22. The lowest BCUT2D eigenvalue weighted by atomic mass is 9.90. The van der Waals surface area contributed by atoms with Crippen molar-refractivity contribution >= 4 is 12.4 Å². The second kappa shape index (κ2) is 2.45. The van der Waals surface area contributed by atoms with E-state index in [9.17, 15) is 0 Å². The molecule has 3 heteroatoms. The first-order chi connectivity index (χ1) is 3.88. The molecule has 0 saturated carbocycles. The number of piperazine rings is 1. The Morgan fingerprint density at radius 3 is 2.11 bits per heavy atom. The Bertz CT molecular complexity index is 93.2. The molecule has 0 aromatic heterocycles. The first-order valence-electron chi connectivity index (χ1n) is 3.30. The summed E-state index contributed by atoms with van der Waals surface area (Å²) in [4.78, 5) is 2.47. The van der Waals surface area contributed by atoms with Gasteiger partial charge in [0.15, 0.2) is 0 Å². The lowest BCUT2D eigenvalue weighted by Gasteiger charge is -2.51. The van der Waals surface area contributed by atoms with Gasteiger partial charge in [-0.05, 0) is 13.5 Å². The number of fused-ring (bicyclic) bond motifs is 2. The van der Waals surface area contributed by atoms with Gasteiger partial charge in [0.05, 0.1) is 0 Å². The van der Waals surface area contributed by atoms with Gasteiger partial charge in [0.1, 0.15) is 0 Å². The van der Waals surface area contributed by atoms with Gasteiger partial charge in [-0.25, -0.2) is 0 Å². The molecule has 0 amide bonds. The fourth-order valence-electron chi connectivity index (χ4n) is 1.68. The lowest BCUT2D eigenvalue weighted by molar-refractivity contribution is 0.0125. The van der Waals surface area contributed by atoms with Gasteiger partial charge in [0.25, 0.3) is 0 Å². The molecule has 2 bridgehead atoms. The molecule has 1 N–H and O–H groups in total. The number of hydrogen-bond donors (Lipinski definition) is 1. The van der Waals surface area contributed by atoms with E-state index in [-0.39, 0.29) is 12.4 Å². The van der Waals surface area contributed by atoms with Crippen molar-refractivity contribution in [1.29, 1.82) is 0 Å². The Balaban J connectivity index is 0.000000405. The maximum Gasteiger partial charge on any atom is 0.0236 e. The minimum absolute atomic E-state index is 0. The van der Waals surface area contributed by atoms with Crippen molar-refractivity contribution in [3.8, 4) is 0 Å². The average molecular weight is 149 g/mol. The molecular weight excluding hydrogens is 136 g/mol. The Morgan fingerprint density at radius 1 is 1.33 bits per heavy atom. The molecule has 3 fully saturated rings. The fourth-order valence-corrected chi connectivity index (χ4v) is 1.68. The van der Waals surface area contributed by atoms with Crippen molar-refractivity contribution in [2.45, 2.75) is 18.5 Å². The number of likely N-dealkylation sites (N-methyl/N-ethyl adjacent to an activating group) is 1. The first kappa shape index (κ1) is 7.32. The average Bonchev–Trinajstić information content (AvgIpc) is 1.89. The number of nitrogens with one attached hydrogen (secondary N) is 1. The number of rotatable bonds is 0. The fraction of sp³-hybridized carbons (Fsp3) is 1.00. The second-order valence-corrected chi connectivity index (χ2v) is 2.87. The highest BCUT2D eigenvalue weighted by molar-refractivity contribution is 5.85. The molecule has 0 aliphatic carbocycles. The topological polar surface area (TPSA) is 15.3 Å². The van der Waals surface area contributed by atoms with E-state index in [1.807, 2.05) is 0 Å². The molecule has 2 nitrogen and oxygen atoms in total. The summed E-state index contributed by atoms with van der Waals surface area (Å²) in [5.74, 6) is 0. The number of halogens is 1. The van der Waals surface area contributed by atoms with Crippen LogP contribution in [0, 0.1) is 0 Å². The van der Waals surface area contributed by atoms with Crippen LogP contribution in [0.3, 0.4) is 0 Å². The number of nitrogens with zero attached hydrogens (tertiary/aromatic N) is 1. The van der Waals surface area contributed by atoms with Crippen molar-refractivity contribution in [3.63, 3.8) is 0 Å². The predicted molar refractivity (Wildman–Crippen MR) is 40.1 cm³/mol. The number of piperidine rings is 1. The van der Waals surface area contributed by atoms with E-state index < -0.39 is 0 Å². The largest absolute Gasteiger partial charge is 0.314 e. The van der Waals surface area contributed by atoms with E-state index in [1.54, 1.807) is 0 Å². The molecule has 0 aromatic rings. The Kier molecular flexibility index (Phi) is 1.99. The highest BCUT2D eigenvalue weighted by Crippen LogP contribution is 2.25. The van der Waals surface area contributed by atoms with Crippen molar-refractivity contribution < 1.29 is 0 Å². The summed E-state index contributed by atoms with van der Waals surface area (Å²) in [5.41, 5.74) is 0. The molecule has 3 aliphatic rings. The zero-order valence-electron chi connectivity index (χ0n) is 5.63. The van der Waals surface area contributed by atoms with Crippen LogP contribution < -0.4 is 5.32 Å². The summed E-state index contributed by atoms with van der Waals surface area (Å²) >= 11 is 0. The van der Waals surface area contributed by atoms with E-state index in [0.717, 1.165) is 12.1 Å². The van der Waals surface area contributed by atoms with Crippen LogP contribution in [0.15, 0.2) is 0 Å². The molecule has 0 spiro atoms. The molecule has 54 valence electrons. The van der Waals surface area contributed by atoms with Crippen LogP contribution in [0.4, 0.5) is 0 Å². The third-order valence-electron chi connectivity index (χ3n) is 2.46. The van der Waals surface area contributed by atoms with Gasteiger partial charge in [-0.3, -0.25) is 4.90 Å². The molecule has 9 heavy (non-hydrogen) atoms. The van der Waals surface area contributed by atoms with E-state index in [0.29, 0.717) is 0 Å². The summed E-state index contributed by atoms with van der Waals surface area (Å²) in [6, 6.07) is 1.74. The van der Waals surface area contributed by atoms with E-state index in [2.05, 4.69) is 17.3 Å². The van der Waals surface area contributed by atoms with E-state index in [4.69, 9.17) is 0 Å². The Hall–Kier alpha value is 0.210. The second-order valence-electron chi connectivity index (χ2n) is 2.87. The van der Waals surface area contributed by atoms with Crippen molar-refractivity contribution in [3.05, 3.63) is 0 Å². The first-order valence-corrected chi connectivity index (χ1v) is 3.30. The molecule has 3 aliphatic heterocycles. The zero-order chi connectivity index (χ0) is 5.56. The van der Waals surface area contributed by atoms with Crippen LogP contribution >= 0.6 is 12.4 Å². The van der Waals surface area contributed by atoms with Crippen molar-refractivity contribution in [2.75, 3.05) is 20.1 Å². The van der Waals surface area contributed by atoms with Gasteiger partial charge in [-0.1, -0.05) is 0 Å². The Labute approximate surface area is 62.0 Å². The third kappa shape index (κ3) is 0.955. The van der Waals surface area contributed by atoms with Gasteiger partial charge < -0.3 is 5.32 Å². The lowest BCUT2D eigenvalue weighted by Crippen LogP contribution is -2.66.